The van der Waals surface area contributed by atoms with Crippen molar-refractivity contribution in [2.24, 2.45) is 7.05 Å². The van der Waals surface area contributed by atoms with Gasteiger partial charge in [-0.1, -0.05) is 37.3 Å². The molecular formula is C20H27N5O2S. The van der Waals surface area contributed by atoms with Gasteiger partial charge in [0.25, 0.3) is 0 Å². The van der Waals surface area contributed by atoms with Crippen molar-refractivity contribution in [1.82, 2.24) is 24.2 Å². The molecule has 0 amide bonds. The fourth-order valence-electron chi connectivity index (χ4n) is 3.11. The van der Waals surface area contributed by atoms with Gasteiger partial charge in [-0.3, -0.25) is 4.68 Å². The highest BCUT2D eigenvalue weighted by atomic mass is 32.2. The van der Waals surface area contributed by atoms with Gasteiger partial charge in [0, 0.05) is 26.3 Å². The number of aryl methyl sites for hydroxylation is 1. The summed E-state index contributed by atoms with van der Waals surface area (Å²) in [5.41, 5.74) is 3.12. The lowest BCUT2D eigenvalue weighted by Crippen LogP contribution is -2.23. The van der Waals surface area contributed by atoms with E-state index >= 15 is 0 Å². The minimum absolute atomic E-state index is 0.0368. The molecule has 0 radical (unpaired) electrons. The minimum atomic E-state index is -3.39. The molecule has 0 bridgehead atoms. The maximum atomic E-state index is 12.5. The zero-order valence-electron chi connectivity index (χ0n) is 16.6. The van der Waals surface area contributed by atoms with Crippen LogP contribution >= 0.6 is 0 Å². The Kier molecular flexibility index (Phi) is 6.31. The summed E-state index contributed by atoms with van der Waals surface area (Å²) < 4.78 is 28.7. The van der Waals surface area contributed by atoms with Gasteiger partial charge in [0.05, 0.1) is 30.4 Å². The van der Waals surface area contributed by atoms with Gasteiger partial charge in [0.1, 0.15) is 0 Å². The highest BCUT2D eigenvalue weighted by Crippen LogP contribution is 2.17. The lowest BCUT2D eigenvalue weighted by atomic mass is 10.2. The van der Waals surface area contributed by atoms with Crippen LogP contribution in [0.2, 0.25) is 0 Å². The Balaban J connectivity index is 1.79. The molecule has 0 atom stereocenters. The van der Waals surface area contributed by atoms with Crippen LogP contribution in [0.5, 0.6) is 0 Å². The van der Waals surface area contributed by atoms with Gasteiger partial charge in [-0.15, -0.1) is 0 Å². The second-order valence-electron chi connectivity index (χ2n) is 7.02. The lowest BCUT2D eigenvalue weighted by molar-refractivity contribution is 0.320. The van der Waals surface area contributed by atoms with Gasteiger partial charge in [-0.2, -0.15) is 5.10 Å². The molecule has 8 heteroatoms. The third kappa shape index (κ3) is 4.88. The molecule has 0 fully saturated rings. The van der Waals surface area contributed by atoms with Crippen LogP contribution in [-0.2, 0) is 36.4 Å². The van der Waals surface area contributed by atoms with E-state index in [1.807, 2.05) is 61.4 Å². The Morgan fingerprint density at radius 3 is 2.50 bits per heavy atom. The SMILES string of the molecule is CCS(=O)(=O)c1ncc(CN(C)CCc2cnn(C)c2)n1Cc1ccccc1. The van der Waals surface area contributed by atoms with Crippen LogP contribution in [0.3, 0.4) is 0 Å². The second-order valence-corrected chi connectivity index (χ2v) is 9.19. The number of likely N-dealkylation sites (N-methyl/N-ethyl adjacent to an activating group) is 1. The molecule has 3 aromatic rings. The zero-order chi connectivity index (χ0) is 20.1. The molecule has 2 aromatic heterocycles. The first-order chi connectivity index (χ1) is 13.4. The quantitative estimate of drug-likeness (QED) is 0.549. The number of hydrogen-bond acceptors (Lipinski definition) is 5. The van der Waals surface area contributed by atoms with E-state index in [0.717, 1.165) is 24.2 Å². The van der Waals surface area contributed by atoms with Gasteiger partial charge >= 0.3 is 0 Å². The van der Waals surface area contributed by atoms with E-state index in [9.17, 15) is 8.42 Å². The van der Waals surface area contributed by atoms with Gasteiger partial charge in [0.15, 0.2) is 0 Å². The Morgan fingerprint density at radius 1 is 1.11 bits per heavy atom. The number of rotatable bonds is 9. The lowest BCUT2D eigenvalue weighted by Gasteiger charge is -2.18. The standard InChI is InChI=1S/C20H27N5O2S/c1-4-28(26,27)20-21-13-19(25(20)15-17-8-6-5-7-9-17)16-23(2)11-10-18-12-22-24(3)14-18/h5-9,12-14H,4,10-11,15-16H2,1-3H3. The van der Waals surface area contributed by atoms with E-state index in [1.54, 1.807) is 17.8 Å². The summed E-state index contributed by atoms with van der Waals surface area (Å²) in [7, 11) is 0.546. The average molecular weight is 402 g/mol. The van der Waals surface area contributed by atoms with Crippen molar-refractivity contribution in [3.63, 3.8) is 0 Å². The molecule has 0 N–H and O–H groups in total. The fraction of sp³-hybridized carbons (Fsp3) is 0.400. The first kappa shape index (κ1) is 20.3. The molecule has 0 aliphatic heterocycles. The average Bonchev–Trinajstić information content (AvgIpc) is 3.27. The Morgan fingerprint density at radius 2 is 1.86 bits per heavy atom. The topological polar surface area (TPSA) is 73.0 Å². The van der Waals surface area contributed by atoms with Crippen molar-refractivity contribution in [2.75, 3.05) is 19.3 Å². The third-order valence-corrected chi connectivity index (χ3v) is 6.36. The summed E-state index contributed by atoms with van der Waals surface area (Å²) >= 11 is 0. The normalized spacial score (nSPS) is 12.0. The van der Waals surface area contributed by atoms with E-state index in [0.29, 0.717) is 13.1 Å². The predicted octanol–water partition coefficient (Wildman–Crippen LogP) is 2.13. The van der Waals surface area contributed by atoms with Crippen LogP contribution in [0.1, 0.15) is 23.7 Å². The Bertz CT molecular complexity index is 1010. The van der Waals surface area contributed by atoms with Crippen molar-refractivity contribution in [2.45, 2.75) is 31.6 Å². The Labute approximate surface area is 166 Å². The highest BCUT2D eigenvalue weighted by molar-refractivity contribution is 7.91. The number of sulfone groups is 1. The third-order valence-electron chi connectivity index (χ3n) is 4.72. The molecule has 0 unspecified atom stereocenters. The molecule has 150 valence electrons. The minimum Gasteiger partial charge on any atom is -0.313 e. The molecule has 1 aromatic carbocycles. The summed E-state index contributed by atoms with van der Waals surface area (Å²) in [6, 6.07) is 9.87. The maximum absolute atomic E-state index is 12.5. The number of aromatic nitrogens is 4. The van der Waals surface area contributed by atoms with Crippen LogP contribution in [0.15, 0.2) is 54.1 Å². The number of nitrogens with zero attached hydrogens (tertiary/aromatic N) is 5. The van der Waals surface area contributed by atoms with E-state index in [4.69, 9.17) is 0 Å². The molecule has 2 heterocycles. The van der Waals surface area contributed by atoms with E-state index in [1.165, 1.54) is 5.56 Å². The molecule has 3 rings (SSSR count). The number of hydrogen-bond donors (Lipinski definition) is 0. The molecule has 7 nitrogen and oxygen atoms in total. The number of benzene rings is 1. The largest absolute Gasteiger partial charge is 0.313 e. The molecule has 0 saturated carbocycles. The summed E-state index contributed by atoms with van der Waals surface area (Å²) in [6.45, 7) is 3.61. The van der Waals surface area contributed by atoms with Gasteiger partial charge < -0.3 is 9.47 Å². The maximum Gasteiger partial charge on any atom is 0.228 e. The van der Waals surface area contributed by atoms with Crippen molar-refractivity contribution >= 4 is 9.84 Å². The fourth-order valence-corrected chi connectivity index (χ4v) is 4.10. The molecule has 0 aliphatic rings. The van der Waals surface area contributed by atoms with E-state index in [2.05, 4.69) is 15.0 Å². The van der Waals surface area contributed by atoms with Crippen molar-refractivity contribution in [3.05, 3.63) is 65.7 Å². The first-order valence-corrected chi connectivity index (χ1v) is 11.0. The summed E-state index contributed by atoms with van der Waals surface area (Å²) in [4.78, 5) is 6.44. The molecule has 28 heavy (non-hydrogen) atoms. The van der Waals surface area contributed by atoms with Crippen molar-refractivity contribution in [1.29, 1.82) is 0 Å². The van der Waals surface area contributed by atoms with Crippen LogP contribution in [0.25, 0.3) is 0 Å². The Hall–Kier alpha value is -2.45. The van der Waals surface area contributed by atoms with Gasteiger partial charge in [0.2, 0.25) is 15.0 Å². The molecule has 0 spiro atoms. The molecule has 0 saturated heterocycles. The first-order valence-electron chi connectivity index (χ1n) is 9.36. The van der Waals surface area contributed by atoms with Crippen molar-refractivity contribution < 1.29 is 8.42 Å². The molecule has 0 aliphatic carbocycles. The van der Waals surface area contributed by atoms with Crippen LogP contribution in [-0.4, -0.2) is 52.0 Å². The zero-order valence-corrected chi connectivity index (χ0v) is 17.4. The van der Waals surface area contributed by atoms with Crippen LogP contribution in [0.4, 0.5) is 0 Å². The monoisotopic (exact) mass is 401 g/mol. The number of imidazole rings is 1. The van der Waals surface area contributed by atoms with E-state index < -0.39 is 9.84 Å². The van der Waals surface area contributed by atoms with Gasteiger partial charge in [-0.25, -0.2) is 13.4 Å². The van der Waals surface area contributed by atoms with Gasteiger partial charge in [-0.05, 0) is 24.6 Å². The highest BCUT2D eigenvalue weighted by Gasteiger charge is 2.22. The van der Waals surface area contributed by atoms with Crippen LogP contribution < -0.4 is 0 Å². The molecular weight excluding hydrogens is 374 g/mol. The second kappa shape index (κ2) is 8.70. The van der Waals surface area contributed by atoms with Crippen LogP contribution in [0, 0.1) is 0 Å². The summed E-state index contributed by atoms with van der Waals surface area (Å²) in [6.07, 6.45) is 6.46. The van der Waals surface area contributed by atoms with Crippen molar-refractivity contribution in [3.8, 4) is 0 Å². The predicted molar refractivity (Wildman–Crippen MR) is 109 cm³/mol. The summed E-state index contributed by atoms with van der Waals surface area (Å²) in [5.74, 6) is 0.0368. The van der Waals surface area contributed by atoms with E-state index in [-0.39, 0.29) is 10.9 Å². The summed E-state index contributed by atoms with van der Waals surface area (Å²) in [5, 5.41) is 4.34. The smallest absolute Gasteiger partial charge is 0.228 e.